The first-order chi connectivity index (χ1) is 5.77. The average molecular weight is 188 g/mol. The van der Waals surface area contributed by atoms with Crippen molar-refractivity contribution in [2.45, 2.75) is 12.8 Å². The van der Waals surface area contributed by atoms with Gasteiger partial charge in [-0.25, -0.2) is 0 Å². The number of nitrogens with zero attached hydrogens (tertiary/aromatic N) is 1. The Kier molecular flexibility index (Phi) is 3.17. The summed E-state index contributed by atoms with van der Waals surface area (Å²) in [5.41, 5.74) is 0.528. The van der Waals surface area contributed by atoms with Crippen molar-refractivity contribution in [3.63, 3.8) is 0 Å². The second-order valence-corrected chi connectivity index (χ2v) is 2.52. The van der Waals surface area contributed by atoms with Crippen molar-refractivity contribution in [2.75, 3.05) is 6.61 Å². The molecule has 0 radical (unpaired) electrons. The first-order valence-corrected chi connectivity index (χ1v) is 4.22. The van der Waals surface area contributed by atoms with E-state index in [0.29, 0.717) is 18.1 Å². The van der Waals surface area contributed by atoms with Crippen LogP contribution >= 0.6 is 11.6 Å². The zero-order chi connectivity index (χ0) is 8.97. The Bertz CT molecular complexity index is 265. The maximum absolute atomic E-state index is 11.1. The second kappa shape index (κ2) is 4.16. The zero-order valence-corrected chi connectivity index (χ0v) is 7.54. The highest BCUT2D eigenvalue weighted by molar-refractivity contribution is 6.16. The van der Waals surface area contributed by atoms with E-state index in [1.807, 2.05) is 6.92 Å². The zero-order valence-electron chi connectivity index (χ0n) is 6.79. The molecule has 1 rings (SSSR count). The minimum Gasteiger partial charge on any atom is -0.618 e. The predicted octanol–water partition coefficient (Wildman–Crippen LogP) is 1.46. The molecular formula is C8H10ClNO2. The van der Waals surface area contributed by atoms with E-state index in [1.165, 1.54) is 6.20 Å². The largest absolute Gasteiger partial charge is 0.618 e. The van der Waals surface area contributed by atoms with E-state index in [4.69, 9.17) is 16.3 Å². The highest BCUT2D eigenvalue weighted by atomic mass is 35.5. The van der Waals surface area contributed by atoms with Gasteiger partial charge in [0.05, 0.1) is 6.61 Å². The molecule has 0 aliphatic carbocycles. The summed E-state index contributed by atoms with van der Waals surface area (Å²) in [7, 11) is 0. The molecule has 0 fully saturated rings. The molecule has 0 aromatic carbocycles. The van der Waals surface area contributed by atoms with Crippen molar-refractivity contribution in [3.05, 3.63) is 29.2 Å². The molecule has 0 saturated heterocycles. The molecule has 1 heterocycles. The Morgan fingerprint density at radius 1 is 1.58 bits per heavy atom. The number of hydrogen-bond acceptors (Lipinski definition) is 2. The quantitative estimate of drug-likeness (QED) is 0.408. The molecule has 12 heavy (non-hydrogen) atoms. The third-order valence-corrected chi connectivity index (χ3v) is 1.69. The van der Waals surface area contributed by atoms with Crippen LogP contribution in [-0.4, -0.2) is 6.61 Å². The molecule has 3 nitrogen and oxygen atoms in total. The van der Waals surface area contributed by atoms with Gasteiger partial charge in [0, 0.05) is 6.07 Å². The second-order valence-electron chi connectivity index (χ2n) is 2.25. The molecule has 0 aliphatic rings. The lowest BCUT2D eigenvalue weighted by molar-refractivity contribution is -0.613. The van der Waals surface area contributed by atoms with Gasteiger partial charge in [-0.05, 0) is 13.0 Å². The minimum absolute atomic E-state index is 0.218. The van der Waals surface area contributed by atoms with Gasteiger partial charge >= 0.3 is 0 Å². The highest BCUT2D eigenvalue weighted by Crippen LogP contribution is 2.08. The molecule has 1 aromatic heterocycles. The molecule has 66 valence electrons. The van der Waals surface area contributed by atoms with Gasteiger partial charge < -0.3 is 9.94 Å². The van der Waals surface area contributed by atoms with E-state index in [-0.39, 0.29) is 5.88 Å². The number of aromatic nitrogens is 1. The summed E-state index contributed by atoms with van der Waals surface area (Å²) >= 11 is 5.50. The molecule has 0 unspecified atom stereocenters. The van der Waals surface area contributed by atoms with Crippen LogP contribution in [0.15, 0.2) is 18.3 Å². The van der Waals surface area contributed by atoms with Gasteiger partial charge in [-0.3, -0.25) is 0 Å². The smallest absolute Gasteiger partial charge is 0.222 e. The molecule has 0 bridgehead atoms. The van der Waals surface area contributed by atoms with E-state index in [2.05, 4.69) is 0 Å². The monoisotopic (exact) mass is 187 g/mol. The third-order valence-electron chi connectivity index (χ3n) is 1.42. The van der Waals surface area contributed by atoms with Crippen LogP contribution in [0.1, 0.15) is 12.6 Å². The Morgan fingerprint density at radius 2 is 2.33 bits per heavy atom. The van der Waals surface area contributed by atoms with Crippen molar-refractivity contribution in [3.8, 4) is 5.75 Å². The summed E-state index contributed by atoms with van der Waals surface area (Å²) in [6.45, 7) is 2.42. The van der Waals surface area contributed by atoms with Gasteiger partial charge in [0.25, 0.3) is 0 Å². The van der Waals surface area contributed by atoms with Gasteiger partial charge in [0.15, 0.2) is 5.75 Å². The fourth-order valence-electron chi connectivity index (χ4n) is 0.849. The van der Waals surface area contributed by atoms with Crippen LogP contribution in [0.5, 0.6) is 5.75 Å². The van der Waals surface area contributed by atoms with E-state index in [9.17, 15) is 5.21 Å². The summed E-state index contributed by atoms with van der Waals surface area (Å²) in [6, 6.07) is 3.39. The van der Waals surface area contributed by atoms with Crippen molar-refractivity contribution < 1.29 is 9.47 Å². The first-order valence-electron chi connectivity index (χ1n) is 3.68. The summed E-state index contributed by atoms with van der Waals surface area (Å²) in [5, 5.41) is 11.1. The summed E-state index contributed by atoms with van der Waals surface area (Å²) in [6.07, 6.45) is 1.38. The highest BCUT2D eigenvalue weighted by Gasteiger charge is 2.04. The van der Waals surface area contributed by atoms with Gasteiger partial charge in [0.2, 0.25) is 11.9 Å². The number of ether oxygens (including phenoxy) is 1. The van der Waals surface area contributed by atoms with E-state index in [0.717, 1.165) is 4.73 Å². The van der Waals surface area contributed by atoms with Crippen LogP contribution in [0, 0.1) is 5.21 Å². The summed E-state index contributed by atoms with van der Waals surface area (Å²) < 4.78 is 5.84. The molecular weight excluding hydrogens is 178 g/mol. The Hall–Kier alpha value is -0.960. The molecule has 0 amide bonds. The lowest BCUT2D eigenvalue weighted by atomic mass is 10.4. The molecule has 0 N–H and O–H groups in total. The van der Waals surface area contributed by atoms with Crippen molar-refractivity contribution in [2.24, 2.45) is 0 Å². The lowest BCUT2D eigenvalue weighted by Crippen LogP contribution is -2.30. The number of pyridine rings is 1. The minimum atomic E-state index is 0.218. The first kappa shape index (κ1) is 9.13. The number of hydrogen-bond donors (Lipinski definition) is 0. The maximum Gasteiger partial charge on any atom is 0.222 e. The van der Waals surface area contributed by atoms with Crippen LogP contribution in [0.25, 0.3) is 0 Å². The van der Waals surface area contributed by atoms with E-state index < -0.39 is 0 Å². The molecule has 0 spiro atoms. The van der Waals surface area contributed by atoms with Crippen LogP contribution in [0.2, 0.25) is 0 Å². The van der Waals surface area contributed by atoms with E-state index in [1.54, 1.807) is 12.1 Å². The van der Waals surface area contributed by atoms with Crippen molar-refractivity contribution in [1.82, 2.24) is 0 Å². The predicted molar refractivity (Wildman–Crippen MR) is 46.1 cm³/mol. The number of rotatable bonds is 3. The van der Waals surface area contributed by atoms with Gasteiger partial charge in [0.1, 0.15) is 5.88 Å². The molecule has 0 atom stereocenters. The Labute approximate surface area is 76.1 Å². The fraction of sp³-hybridized carbons (Fsp3) is 0.375. The van der Waals surface area contributed by atoms with Crippen LogP contribution in [0.3, 0.4) is 0 Å². The molecule has 1 aromatic rings. The lowest BCUT2D eigenvalue weighted by Gasteiger charge is -2.04. The Balaban J connectivity index is 2.86. The average Bonchev–Trinajstić information content (AvgIpc) is 2.05. The molecule has 0 saturated carbocycles. The van der Waals surface area contributed by atoms with Crippen LogP contribution in [0.4, 0.5) is 0 Å². The van der Waals surface area contributed by atoms with Crippen LogP contribution in [-0.2, 0) is 5.88 Å². The standard InChI is InChI=1S/C8H10ClNO2/c1-2-12-8-4-3-7(5-9)10(11)6-8/h3-4,6H,2,5H2,1H3. The molecule has 4 heteroatoms. The number of alkyl halides is 1. The van der Waals surface area contributed by atoms with Gasteiger partial charge in [-0.1, -0.05) is 0 Å². The molecule has 0 aliphatic heterocycles. The normalized spacial score (nSPS) is 9.83. The van der Waals surface area contributed by atoms with Gasteiger partial charge in [-0.15, -0.1) is 11.6 Å². The summed E-state index contributed by atoms with van der Waals surface area (Å²) in [4.78, 5) is 0. The third kappa shape index (κ3) is 2.01. The fourth-order valence-corrected chi connectivity index (χ4v) is 1.06. The summed E-state index contributed by atoms with van der Waals surface area (Å²) in [5.74, 6) is 0.789. The number of halogens is 1. The van der Waals surface area contributed by atoms with E-state index >= 15 is 0 Å². The van der Waals surface area contributed by atoms with Crippen molar-refractivity contribution in [1.29, 1.82) is 0 Å². The maximum atomic E-state index is 11.1. The van der Waals surface area contributed by atoms with Gasteiger partial charge in [-0.2, -0.15) is 4.73 Å². The van der Waals surface area contributed by atoms with Crippen LogP contribution < -0.4 is 9.47 Å². The Morgan fingerprint density at radius 3 is 2.83 bits per heavy atom. The topological polar surface area (TPSA) is 36.2 Å². The van der Waals surface area contributed by atoms with Crippen molar-refractivity contribution >= 4 is 11.6 Å². The SMILES string of the molecule is CCOc1ccc(CCl)[n+]([O-])c1.